The van der Waals surface area contributed by atoms with Crippen LogP contribution >= 0.6 is 24.0 Å². The van der Waals surface area contributed by atoms with Crippen LogP contribution in [-0.4, -0.2) is 22.1 Å². The average Bonchev–Trinajstić information content (AvgIpc) is 2.55. The molecular weight excluding hydrogens is 254 g/mol. The summed E-state index contributed by atoms with van der Waals surface area (Å²) in [6, 6.07) is 7.41. The number of rotatable bonds is 3. The Bertz CT molecular complexity index is 444. The zero-order valence-corrected chi connectivity index (χ0v) is 11.3. The molecular formula is C12H13NO2S2. The Balaban J connectivity index is 2.22. The normalized spacial score (nSPS) is 19.9. The van der Waals surface area contributed by atoms with E-state index in [-0.39, 0.29) is 11.2 Å². The first kappa shape index (κ1) is 12.4. The fourth-order valence-electron chi connectivity index (χ4n) is 1.62. The topological polar surface area (TPSA) is 29.5 Å². The van der Waals surface area contributed by atoms with Crippen LogP contribution in [0, 0.1) is 0 Å². The summed E-state index contributed by atoms with van der Waals surface area (Å²) >= 11 is 6.62. The molecule has 0 radical (unpaired) electrons. The van der Waals surface area contributed by atoms with Crippen LogP contribution in [0.4, 0.5) is 5.69 Å². The van der Waals surface area contributed by atoms with Crippen LogP contribution < -0.4 is 9.64 Å². The summed E-state index contributed by atoms with van der Waals surface area (Å²) in [5.74, 6) is 0.846. The molecule has 1 atom stereocenters. The maximum absolute atomic E-state index is 11.9. The van der Waals surface area contributed by atoms with Crippen molar-refractivity contribution < 1.29 is 9.53 Å². The molecule has 0 bridgehead atoms. The van der Waals surface area contributed by atoms with Crippen molar-refractivity contribution >= 4 is 39.9 Å². The number of carbonyl (C=O) groups is 1. The van der Waals surface area contributed by atoms with Crippen molar-refractivity contribution in [3.63, 3.8) is 0 Å². The zero-order valence-electron chi connectivity index (χ0n) is 9.67. The summed E-state index contributed by atoms with van der Waals surface area (Å²) in [6.45, 7) is 4.44. The van der Waals surface area contributed by atoms with Crippen LogP contribution in [0.1, 0.15) is 13.8 Å². The Hall–Kier alpha value is -1.07. The number of hydrogen-bond donors (Lipinski definition) is 0. The summed E-state index contributed by atoms with van der Waals surface area (Å²) < 4.78 is 5.97. The lowest BCUT2D eigenvalue weighted by atomic mass is 10.2. The highest BCUT2D eigenvalue weighted by Crippen LogP contribution is 2.32. The van der Waals surface area contributed by atoms with E-state index in [2.05, 4.69) is 0 Å². The molecule has 1 aromatic carbocycles. The average molecular weight is 267 g/mol. The van der Waals surface area contributed by atoms with Crippen molar-refractivity contribution in [1.82, 2.24) is 0 Å². The van der Waals surface area contributed by atoms with Gasteiger partial charge in [0.25, 0.3) is 0 Å². The molecule has 1 heterocycles. The molecule has 0 aliphatic carbocycles. The largest absolute Gasteiger partial charge is 0.494 e. The monoisotopic (exact) mass is 267 g/mol. The predicted octanol–water partition coefficient (Wildman–Crippen LogP) is 2.84. The van der Waals surface area contributed by atoms with E-state index in [1.165, 1.54) is 11.8 Å². The quantitative estimate of drug-likeness (QED) is 0.788. The molecule has 0 spiro atoms. The molecule has 0 N–H and O–H groups in total. The van der Waals surface area contributed by atoms with Gasteiger partial charge >= 0.3 is 0 Å². The van der Waals surface area contributed by atoms with E-state index in [1.54, 1.807) is 4.90 Å². The lowest BCUT2D eigenvalue weighted by Gasteiger charge is -2.15. The third-order valence-corrected chi connectivity index (χ3v) is 3.84. The highest BCUT2D eigenvalue weighted by molar-refractivity contribution is 8.25. The van der Waals surface area contributed by atoms with E-state index in [1.807, 2.05) is 38.1 Å². The molecule has 1 aliphatic heterocycles. The van der Waals surface area contributed by atoms with Crippen LogP contribution in [0.25, 0.3) is 0 Å². The molecule has 17 heavy (non-hydrogen) atoms. The number of carbonyl (C=O) groups excluding carboxylic acids is 1. The third-order valence-electron chi connectivity index (χ3n) is 2.43. The maximum atomic E-state index is 11.9. The van der Waals surface area contributed by atoms with Crippen LogP contribution in [0.3, 0.4) is 0 Å². The van der Waals surface area contributed by atoms with E-state index in [0.717, 1.165) is 11.4 Å². The highest BCUT2D eigenvalue weighted by Gasteiger charge is 2.34. The molecule has 0 saturated carbocycles. The van der Waals surface area contributed by atoms with Crippen LogP contribution in [-0.2, 0) is 4.79 Å². The third kappa shape index (κ3) is 2.45. The summed E-state index contributed by atoms with van der Waals surface area (Å²) in [5.41, 5.74) is 0.806. The first-order valence-corrected chi connectivity index (χ1v) is 6.69. The maximum Gasteiger partial charge on any atom is 0.245 e. The number of hydrogen-bond acceptors (Lipinski definition) is 4. The van der Waals surface area contributed by atoms with Gasteiger partial charge in [-0.05, 0) is 38.1 Å². The molecule has 1 aromatic rings. The van der Waals surface area contributed by atoms with Gasteiger partial charge in [-0.25, -0.2) is 0 Å². The number of benzene rings is 1. The molecule has 1 amide bonds. The first-order chi connectivity index (χ1) is 8.13. The fraction of sp³-hybridized carbons (Fsp3) is 0.333. The number of nitrogens with zero attached hydrogens (tertiary/aromatic N) is 1. The Morgan fingerprint density at radius 1 is 1.41 bits per heavy atom. The van der Waals surface area contributed by atoms with Crippen molar-refractivity contribution in [3.8, 4) is 5.75 Å². The van der Waals surface area contributed by atoms with Gasteiger partial charge in [-0.2, -0.15) is 0 Å². The number of ether oxygens (including phenoxy) is 1. The molecule has 0 aromatic heterocycles. The number of thioether (sulfide) groups is 1. The summed E-state index contributed by atoms with van der Waals surface area (Å²) in [4.78, 5) is 13.5. The van der Waals surface area contributed by atoms with Gasteiger partial charge in [0.15, 0.2) is 0 Å². The van der Waals surface area contributed by atoms with Gasteiger partial charge in [0.05, 0.1) is 17.5 Å². The standard InChI is InChI=1S/C12H13NO2S2/c1-3-15-10-6-4-9(5-7-10)13-11(14)8(2)17-12(13)16/h4-8H,3H2,1-2H3. The van der Waals surface area contributed by atoms with Gasteiger partial charge in [0.1, 0.15) is 10.1 Å². The van der Waals surface area contributed by atoms with E-state index >= 15 is 0 Å². The Kier molecular flexibility index (Phi) is 3.69. The minimum absolute atomic E-state index is 0.0455. The molecule has 2 rings (SSSR count). The second-order valence-corrected chi connectivity index (χ2v) is 5.60. The van der Waals surface area contributed by atoms with Crippen molar-refractivity contribution in [2.24, 2.45) is 0 Å². The van der Waals surface area contributed by atoms with E-state index in [9.17, 15) is 4.79 Å². The molecule has 1 fully saturated rings. The van der Waals surface area contributed by atoms with Gasteiger partial charge in [-0.1, -0.05) is 24.0 Å². The van der Waals surface area contributed by atoms with Gasteiger partial charge in [-0.15, -0.1) is 0 Å². The zero-order chi connectivity index (χ0) is 12.4. The summed E-state index contributed by atoms with van der Waals surface area (Å²) in [5, 5.41) is -0.0888. The lowest BCUT2D eigenvalue weighted by molar-refractivity contribution is -0.116. The predicted molar refractivity (Wildman–Crippen MR) is 74.7 cm³/mol. The number of amides is 1. The SMILES string of the molecule is CCOc1ccc(N2C(=O)C(C)SC2=S)cc1. The fourth-order valence-corrected chi connectivity index (χ4v) is 3.05. The van der Waals surface area contributed by atoms with Crippen LogP contribution in [0.5, 0.6) is 5.75 Å². The minimum atomic E-state index is -0.0888. The lowest BCUT2D eigenvalue weighted by Crippen LogP contribution is -2.30. The van der Waals surface area contributed by atoms with E-state index < -0.39 is 0 Å². The van der Waals surface area contributed by atoms with E-state index in [4.69, 9.17) is 17.0 Å². The van der Waals surface area contributed by atoms with Gasteiger partial charge in [-0.3, -0.25) is 9.69 Å². The Morgan fingerprint density at radius 2 is 2.06 bits per heavy atom. The first-order valence-electron chi connectivity index (χ1n) is 5.41. The summed E-state index contributed by atoms with van der Waals surface area (Å²) in [6.07, 6.45) is 0. The molecule has 1 aliphatic rings. The molecule has 1 saturated heterocycles. The minimum Gasteiger partial charge on any atom is -0.494 e. The second kappa shape index (κ2) is 5.06. The van der Waals surface area contributed by atoms with Crippen molar-refractivity contribution in [2.75, 3.05) is 11.5 Å². The van der Waals surface area contributed by atoms with Crippen molar-refractivity contribution in [3.05, 3.63) is 24.3 Å². The summed E-state index contributed by atoms with van der Waals surface area (Å²) in [7, 11) is 0. The van der Waals surface area contributed by atoms with E-state index in [0.29, 0.717) is 10.9 Å². The second-order valence-electron chi connectivity index (χ2n) is 3.63. The Morgan fingerprint density at radius 3 is 2.53 bits per heavy atom. The van der Waals surface area contributed by atoms with Crippen LogP contribution in [0.15, 0.2) is 24.3 Å². The molecule has 1 unspecified atom stereocenters. The number of thiocarbonyl (C=S) groups is 1. The van der Waals surface area contributed by atoms with Crippen LogP contribution in [0.2, 0.25) is 0 Å². The van der Waals surface area contributed by atoms with Crippen molar-refractivity contribution in [1.29, 1.82) is 0 Å². The van der Waals surface area contributed by atoms with Gasteiger partial charge in [0.2, 0.25) is 5.91 Å². The molecule has 90 valence electrons. The van der Waals surface area contributed by atoms with Crippen molar-refractivity contribution in [2.45, 2.75) is 19.1 Å². The smallest absolute Gasteiger partial charge is 0.245 e. The number of anilines is 1. The highest BCUT2D eigenvalue weighted by atomic mass is 32.2. The molecule has 5 heteroatoms. The van der Waals surface area contributed by atoms with Gasteiger partial charge < -0.3 is 4.74 Å². The van der Waals surface area contributed by atoms with Gasteiger partial charge in [0, 0.05) is 0 Å². The molecule has 3 nitrogen and oxygen atoms in total. The Labute approximate surface area is 110 Å².